The van der Waals surface area contributed by atoms with Gasteiger partial charge in [-0.05, 0) is 12.8 Å². The van der Waals surface area contributed by atoms with Crippen LogP contribution >= 0.6 is 0 Å². The Labute approximate surface area is 149 Å². The van der Waals surface area contributed by atoms with Crippen LogP contribution in [0.5, 0.6) is 0 Å². The van der Waals surface area contributed by atoms with Crippen molar-refractivity contribution in [1.29, 1.82) is 5.41 Å². The van der Waals surface area contributed by atoms with Crippen LogP contribution in [0, 0.1) is 5.41 Å². The lowest BCUT2D eigenvalue weighted by molar-refractivity contribution is -0.118. The minimum Gasteiger partial charge on any atom is -0.343 e. The molecule has 2 fully saturated rings. The van der Waals surface area contributed by atoms with E-state index in [4.69, 9.17) is 9.96 Å². The zero-order valence-corrected chi connectivity index (χ0v) is 15.1. The minimum atomic E-state index is -4.89. The van der Waals surface area contributed by atoms with E-state index in [0.717, 1.165) is 4.90 Å². The molecule has 2 unspecified atom stereocenters. The summed E-state index contributed by atoms with van der Waals surface area (Å²) in [6.45, 7) is 0.813. The summed E-state index contributed by atoms with van der Waals surface area (Å²) in [5.74, 6) is -0.969. The van der Waals surface area contributed by atoms with Crippen LogP contribution in [0.1, 0.15) is 19.8 Å². The molecule has 2 rings (SSSR count). The highest BCUT2D eigenvalue weighted by Gasteiger charge is 2.48. The number of amidine groups is 1. The number of carbonyl (C=O) groups excluding carboxylic acids is 2. The highest BCUT2D eigenvalue weighted by Crippen LogP contribution is 2.30. The lowest BCUT2D eigenvalue weighted by Crippen LogP contribution is -2.53. The Morgan fingerprint density at radius 2 is 2.00 bits per heavy atom. The van der Waals surface area contributed by atoms with E-state index in [-0.39, 0.29) is 26.1 Å². The van der Waals surface area contributed by atoms with Crippen molar-refractivity contribution in [2.45, 2.75) is 31.8 Å². The topological polar surface area (TPSA) is 198 Å². The van der Waals surface area contributed by atoms with Gasteiger partial charge in [0.05, 0.1) is 18.8 Å². The first-order chi connectivity index (χ1) is 11.9. The number of hydroxylamine groups is 2. The minimum absolute atomic E-state index is 0.00243. The maximum absolute atomic E-state index is 12.2. The van der Waals surface area contributed by atoms with Crippen molar-refractivity contribution < 1.29 is 35.3 Å². The predicted molar refractivity (Wildman–Crippen MR) is 85.0 cm³/mol. The number of hydrogen-bond acceptors (Lipinski definition) is 8. The van der Waals surface area contributed by atoms with Gasteiger partial charge >= 0.3 is 26.6 Å². The maximum atomic E-state index is 12.2. The van der Waals surface area contributed by atoms with Crippen LogP contribution < -0.4 is 14.8 Å². The van der Waals surface area contributed by atoms with E-state index in [1.807, 2.05) is 9.44 Å². The fourth-order valence-electron chi connectivity index (χ4n) is 2.64. The maximum Gasteiger partial charge on any atom is 0.418 e. The van der Waals surface area contributed by atoms with Crippen LogP contribution in [-0.4, -0.2) is 74.4 Å². The Bertz CT molecular complexity index is 811. The molecule has 26 heavy (non-hydrogen) atoms. The summed E-state index contributed by atoms with van der Waals surface area (Å²) in [5.41, 5.74) is 0. The van der Waals surface area contributed by atoms with Gasteiger partial charge in [0.2, 0.25) is 5.91 Å². The monoisotopic (exact) mass is 414 g/mol. The molecule has 2 aliphatic heterocycles. The molecule has 0 aromatic heterocycles. The standard InChI is InChI=1S/C10H18N6O8S2/c1-6(17)12-5-13-25(19,20)14-9(11)8-3-2-7-4-15(8)10(18)16(7)24-26(21,22)23/h7-8,13H,2-5H2,1H3,(H2,11,14)(H,12,17)(H,21,22,23). The van der Waals surface area contributed by atoms with E-state index in [0.29, 0.717) is 5.06 Å². The second-order valence-electron chi connectivity index (χ2n) is 5.58. The second-order valence-corrected chi connectivity index (χ2v) is 8.09. The smallest absolute Gasteiger partial charge is 0.343 e. The molecule has 0 aromatic carbocycles. The van der Waals surface area contributed by atoms with Gasteiger partial charge in [-0.15, -0.1) is 4.28 Å². The third kappa shape index (κ3) is 5.01. The molecule has 2 bridgehead atoms. The SMILES string of the molecule is CC(=O)NCNS(=O)(=O)NC(=N)C1CCC2CN1C(=O)N2OS(=O)(=O)O. The van der Waals surface area contributed by atoms with Gasteiger partial charge in [0.15, 0.2) is 0 Å². The van der Waals surface area contributed by atoms with E-state index in [9.17, 15) is 26.4 Å². The van der Waals surface area contributed by atoms with E-state index in [1.165, 1.54) is 6.92 Å². The first-order valence-corrected chi connectivity index (χ1v) is 10.1. The van der Waals surface area contributed by atoms with Gasteiger partial charge in [-0.2, -0.15) is 26.6 Å². The van der Waals surface area contributed by atoms with Gasteiger partial charge in [-0.1, -0.05) is 0 Å². The predicted octanol–water partition coefficient (Wildman–Crippen LogP) is -2.52. The summed E-state index contributed by atoms with van der Waals surface area (Å²) in [7, 11) is -9.06. The van der Waals surface area contributed by atoms with Gasteiger partial charge in [-0.3, -0.25) is 19.5 Å². The number of nitrogens with zero attached hydrogens (tertiary/aromatic N) is 2. The van der Waals surface area contributed by atoms with E-state index < -0.39 is 50.5 Å². The van der Waals surface area contributed by atoms with Crippen LogP contribution in [0.4, 0.5) is 4.79 Å². The number of urea groups is 1. The molecule has 3 amide bonds. The summed E-state index contributed by atoms with van der Waals surface area (Å²) in [5, 5.41) is 10.6. The van der Waals surface area contributed by atoms with E-state index >= 15 is 0 Å². The summed E-state index contributed by atoms with van der Waals surface area (Å²) in [6.07, 6.45) is 0.403. The van der Waals surface area contributed by atoms with Crippen LogP contribution in [-0.2, 0) is 29.7 Å². The number of amides is 3. The fourth-order valence-corrected chi connectivity index (χ4v) is 3.78. The number of nitrogens with one attached hydrogen (secondary N) is 4. The van der Waals surface area contributed by atoms with Crippen LogP contribution in [0.3, 0.4) is 0 Å². The molecule has 2 aliphatic rings. The molecule has 148 valence electrons. The average molecular weight is 414 g/mol. The van der Waals surface area contributed by atoms with Crippen LogP contribution in [0.25, 0.3) is 0 Å². The normalized spacial score (nSPS) is 23.1. The van der Waals surface area contributed by atoms with E-state index in [2.05, 4.69) is 9.60 Å². The molecule has 5 N–H and O–H groups in total. The molecule has 0 radical (unpaired) electrons. The van der Waals surface area contributed by atoms with Crippen molar-refractivity contribution in [2.24, 2.45) is 0 Å². The van der Waals surface area contributed by atoms with Crippen molar-refractivity contribution in [1.82, 2.24) is 24.7 Å². The lowest BCUT2D eigenvalue weighted by atomic mass is 10.0. The lowest BCUT2D eigenvalue weighted by Gasteiger charge is -2.30. The molecule has 0 spiro atoms. The number of hydrogen-bond donors (Lipinski definition) is 5. The molecular formula is C10H18N6O8S2. The Kier molecular flexibility index (Phi) is 5.71. The molecule has 14 nitrogen and oxygen atoms in total. The molecule has 2 heterocycles. The number of carbonyl (C=O) groups is 2. The summed E-state index contributed by atoms with van der Waals surface area (Å²) >= 11 is 0. The van der Waals surface area contributed by atoms with Gasteiger partial charge in [0.25, 0.3) is 0 Å². The summed E-state index contributed by atoms with van der Waals surface area (Å²) < 4.78 is 62.2. The third-order valence-corrected chi connectivity index (χ3v) is 5.04. The highest BCUT2D eigenvalue weighted by atomic mass is 32.3. The molecule has 0 saturated carbocycles. The largest absolute Gasteiger partial charge is 0.418 e. The van der Waals surface area contributed by atoms with E-state index in [1.54, 1.807) is 0 Å². The molecule has 0 aromatic rings. The second kappa shape index (κ2) is 7.31. The van der Waals surface area contributed by atoms with Crippen molar-refractivity contribution in [3.05, 3.63) is 0 Å². The zero-order chi connectivity index (χ0) is 19.7. The fraction of sp³-hybridized carbons (Fsp3) is 0.700. The zero-order valence-electron chi connectivity index (χ0n) is 13.5. The van der Waals surface area contributed by atoms with Gasteiger partial charge < -0.3 is 10.2 Å². The van der Waals surface area contributed by atoms with Gasteiger partial charge in [0, 0.05) is 13.5 Å². The molecule has 2 saturated heterocycles. The average Bonchev–Trinajstić information content (AvgIpc) is 2.69. The summed E-state index contributed by atoms with van der Waals surface area (Å²) in [4.78, 5) is 24.0. The van der Waals surface area contributed by atoms with Crippen molar-refractivity contribution in [3.63, 3.8) is 0 Å². The van der Waals surface area contributed by atoms with Gasteiger partial charge in [-0.25, -0.2) is 4.79 Å². The number of rotatable bonds is 7. The number of piperidine rings is 1. The highest BCUT2D eigenvalue weighted by molar-refractivity contribution is 7.88. The molecule has 2 atom stereocenters. The summed E-state index contributed by atoms with van der Waals surface area (Å²) in [6, 6.07) is -2.51. The van der Waals surface area contributed by atoms with Crippen molar-refractivity contribution in [3.8, 4) is 0 Å². The molecule has 0 aliphatic carbocycles. The quantitative estimate of drug-likeness (QED) is 0.130. The first kappa shape index (κ1) is 20.3. The third-order valence-electron chi connectivity index (χ3n) is 3.67. The molecular weight excluding hydrogens is 396 g/mol. The molecule has 16 heteroatoms. The Hall–Kier alpha value is -2.01. The van der Waals surface area contributed by atoms with Crippen molar-refractivity contribution >= 4 is 38.4 Å². The van der Waals surface area contributed by atoms with Gasteiger partial charge in [0.1, 0.15) is 5.84 Å². The van der Waals surface area contributed by atoms with Crippen LogP contribution in [0.15, 0.2) is 0 Å². The number of fused-ring (bicyclic) bond motifs is 2. The van der Waals surface area contributed by atoms with Crippen LogP contribution in [0.2, 0.25) is 0 Å². The Balaban J connectivity index is 2.01. The first-order valence-electron chi connectivity index (χ1n) is 7.27. The van der Waals surface area contributed by atoms with Crippen molar-refractivity contribution in [2.75, 3.05) is 13.2 Å². The Morgan fingerprint density at radius 1 is 1.35 bits per heavy atom. The Morgan fingerprint density at radius 3 is 2.58 bits per heavy atom.